The Bertz CT molecular complexity index is 292. The zero-order valence-corrected chi connectivity index (χ0v) is 12.2. The maximum Gasteiger partial charge on any atom is 0.227 e. The van der Waals surface area contributed by atoms with E-state index in [0.717, 1.165) is 58.7 Å². The largest absolute Gasteiger partial charge is 0.383 e. The van der Waals surface area contributed by atoms with E-state index in [1.165, 1.54) is 0 Å². The van der Waals surface area contributed by atoms with Crippen molar-refractivity contribution in [2.24, 2.45) is 5.92 Å². The van der Waals surface area contributed by atoms with Crippen LogP contribution in [0.4, 0.5) is 0 Å². The van der Waals surface area contributed by atoms with Crippen molar-refractivity contribution < 1.29 is 9.53 Å². The number of hydrogen-bond donors (Lipinski definition) is 1. The second-order valence-corrected chi connectivity index (χ2v) is 5.71. The second kappa shape index (κ2) is 7.22. The van der Waals surface area contributed by atoms with E-state index in [4.69, 9.17) is 4.74 Å². The summed E-state index contributed by atoms with van der Waals surface area (Å²) in [7, 11) is 1.74. The molecule has 2 saturated heterocycles. The molecule has 5 nitrogen and oxygen atoms in total. The van der Waals surface area contributed by atoms with E-state index in [1.807, 2.05) is 0 Å². The molecule has 2 unspecified atom stereocenters. The van der Waals surface area contributed by atoms with Crippen molar-refractivity contribution in [1.29, 1.82) is 0 Å². The summed E-state index contributed by atoms with van der Waals surface area (Å²) < 4.78 is 5.13. The summed E-state index contributed by atoms with van der Waals surface area (Å²) in [5.41, 5.74) is 0. The molecule has 19 heavy (non-hydrogen) atoms. The predicted molar refractivity (Wildman–Crippen MR) is 75.1 cm³/mol. The van der Waals surface area contributed by atoms with Crippen molar-refractivity contribution in [2.45, 2.75) is 25.8 Å². The molecule has 0 aromatic heterocycles. The molecular formula is C14H27N3O2. The molecule has 0 spiro atoms. The number of carbonyl (C=O) groups excluding carboxylic acids is 1. The maximum atomic E-state index is 12.5. The molecule has 2 aliphatic heterocycles. The number of piperazine rings is 1. The average Bonchev–Trinajstić information content (AvgIpc) is 2.46. The lowest BCUT2D eigenvalue weighted by atomic mass is 9.97. The maximum absolute atomic E-state index is 12.5. The third kappa shape index (κ3) is 3.91. The fourth-order valence-corrected chi connectivity index (χ4v) is 3.06. The highest BCUT2D eigenvalue weighted by Crippen LogP contribution is 2.17. The predicted octanol–water partition coefficient (Wildman–Crippen LogP) is 0.165. The van der Waals surface area contributed by atoms with Gasteiger partial charge in [0.05, 0.1) is 12.5 Å². The Labute approximate surface area is 116 Å². The Morgan fingerprint density at radius 3 is 2.89 bits per heavy atom. The Morgan fingerprint density at radius 1 is 1.42 bits per heavy atom. The van der Waals surface area contributed by atoms with Crippen LogP contribution in [0.5, 0.6) is 0 Å². The van der Waals surface area contributed by atoms with Crippen LogP contribution in [0.2, 0.25) is 0 Å². The SMILES string of the molecule is COCCN1CCN(C(=O)C2CCCNC2)CC1C. The normalized spacial score (nSPS) is 29.5. The first-order valence-corrected chi connectivity index (χ1v) is 7.45. The van der Waals surface area contributed by atoms with Gasteiger partial charge in [0.15, 0.2) is 0 Å². The topological polar surface area (TPSA) is 44.8 Å². The summed E-state index contributed by atoms with van der Waals surface area (Å²) in [5, 5.41) is 3.33. The van der Waals surface area contributed by atoms with Gasteiger partial charge in [-0.2, -0.15) is 0 Å². The van der Waals surface area contributed by atoms with Crippen molar-refractivity contribution >= 4 is 5.91 Å². The molecule has 1 amide bonds. The van der Waals surface area contributed by atoms with Crippen LogP contribution in [0.25, 0.3) is 0 Å². The minimum absolute atomic E-state index is 0.200. The van der Waals surface area contributed by atoms with Gasteiger partial charge < -0.3 is 15.0 Å². The first-order valence-electron chi connectivity index (χ1n) is 7.45. The van der Waals surface area contributed by atoms with Gasteiger partial charge in [0.2, 0.25) is 5.91 Å². The lowest BCUT2D eigenvalue weighted by Crippen LogP contribution is -2.56. The van der Waals surface area contributed by atoms with Crippen LogP contribution in [0.3, 0.4) is 0 Å². The average molecular weight is 269 g/mol. The highest BCUT2D eigenvalue weighted by atomic mass is 16.5. The van der Waals surface area contributed by atoms with E-state index < -0.39 is 0 Å². The molecule has 110 valence electrons. The highest BCUT2D eigenvalue weighted by molar-refractivity contribution is 5.79. The van der Waals surface area contributed by atoms with Crippen LogP contribution in [0, 0.1) is 5.92 Å². The van der Waals surface area contributed by atoms with Gasteiger partial charge in [-0.1, -0.05) is 0 Å². The van der Waals surface area contributed by atoms with Crippen LogP contribution >= 0.6 is 0 Å². The van der Waals surface area contributed by atoms with Crippen LogP contribution in [0.1, 0.15) is 19.8 Å². The number of carbonyl (C=O) groups is 1. The molecule has 5 heteroatoms. The minimum Gasteiger partial charge on any atom is -0.383 e. The molecule has 0 aromatic rings. The van der Waals surface area contributed by atoms with Gasteiger partial charge in [0.25, 0.3) is 0 Å². The summed E-state index contributed by atoms with van der Waals surface area (Å²) in [6, 6.07) is 0.435. The molecule has 1 N–H and O–H groups in total. The van der Waals surface area contributed by atoms with E-state index >= 15 is 0 Å². The molecule has 2 aliphatic rings. The van der Waals surface area contributed by atoms with E-state index in [9.17, 15) is 4.79 Å². The van der Waals surface area contributed by atoms with Gasteiger partial charge in [0, 0.05) is 45.9 Å². The highest BCUT2D eigenvalue weighted by Gasteiger charge is 2.31. The summed E-state index contributed by atoms with van der Waals surface area (Å²) in [5.74, 6) is 0.553. The standard InChI is InChI=1S/C14H27N3O2/c1-12-11-17(7-6-16(12)8-9-19-2)14(18)13-4-3-5-15-10-13/h12-13,15H,3-11H2,1-2H3. The molecule has 0 bridgehead atoms. The summed E-state index contributed by atoms with van der Waals surface area (Å²) in [4.78, 5) is 16.9. The second-order valence-electron chi connectivity index (χ2n) is 5.71. The van der Waals surface area contributed by atoms with Gasteiger partial charge >= 0.3 is 0 Å². The van der Waals surface area contributed by atoms with Gasteiger partial charge in [-0.05, 0) is 26.3 Å². The van der Waals surface area contributed by atoms with Crippen LogP contribution in [-0.2, 0) is 9.53 Å². The number of nitrogens with one attached hydrogen (secondary N) is 1. The molecule has 2 rings (SSSR count). The zero-order chi connectivity index (χ0) is 13.7. The number of methoxy groups -OCH3 is 1. The molecule has 0 aromatic carbocycles. The number of rotatable bonds is 4. The third-order valence-corrected chi connectivity index (χ3v) is 4.31. The quantitative estimate of drug-likeness (QED) is 0.790. The number of amides is 1. The van der Waals surface area contributed by atoms with E-state index in [1.54, 1.807) is 7.11 Å². The Kier molecular flexibility index (Phi) is 5.60. The fourth-order valence-electron chi connectivity index (χ4n) is 3.06. The smallest absolute Gasteiger partial charge is 0.227 e. The first kappa shape index (κ1) is 14.8. The molecule has 2 fully saturated rings. The van der Waals surface area contributed by atoms with E-state index in [0.29, 0.717) is 11.9 Å². The van der Waals surface area contributed by atoms with Crippen molar-refractivity contribution in [3.63, 3.8) is 0 Å². The van der Waals surface area contributed by atoms with Gasteiger partial charge in [-0.3, -0.25) is 9.69 Å². The number of piperidine rings is 1. The summed E-state index contributed by atoms with van der Waals surface area (Å²) in [6.45, 7) is 8.55. The van der Waals surface area contributed by atoms with E-state index in [-0.39, 0.29) is 5.92 Å². The van der Waals surface area contributed by atoms with Crippen molar-refractivity contribution in [3.05, 3.63) is 0 Å². The summed E-state index contributed by atoms with van der Waals surface area (Å²) >= 11 is 0. The van der Waals surface area contributed by atoms with Crippen LogP contribution in [0.15, 0.2) is 0 Å². The zero-order valence-electron chi connectivity index (χ0n) is 12.2. The monoisotopic (exact) mass is 269 g/mol. The Morgan fingerprint density at radius 2 is 2.26 bits per heavy atom. The van der Waals surface area contributed by atoms with Gasteiger partial charge in [-0.25, -0.2) is 0 Å². The Hall–Kier alpha value is -0.650. The molecule has 0 saturated carbocycles. The lowest BCUT2D eigenvalue weighted by Gasteiger charge is -2.41. The fraction of sp³-hybridized carbons (Fsp3) is 0.929. The number of ether oxygens (including phenoxy) is 1. The molecule has 2 heterocycles. The van der Waals surface area contributed by atoms with Gasteiger partial charge in [-0.15, -0.1) is 0 Å². The molecular weight excluding hydrogens is 242 g/mol. The Balaban J connectivity index is 1.81. The van der Waals surface area contributed by atoms with Crippen LogP contribution in [-0.4, -0.2) is 74.7 Å². The number of hydrogen-bond acceptors (Lipinski definition) is 4. The summed E-state index contributed by atoms with van der Waals surface area (Å²) in [6.07, 6.45) is 2.17. The molecule has 2 atom stereocenters. The third-order valence-electron chi connectivity index (χ3n) is 4.31. The molecule has 0 radical (unpaired) electrons. The van der Waals surface area contributed by atoms with Crippen molar-refractivity contribution in [1.82, 2.24) is 15.1 Å². The number of nitrogens with zero attached hydrogens (tertiary/aromatic N) is 2. The van der Waals surface area contributed by atoms with Crippen molar-refractivity contribution in [2.75, 3.05) is 53.0 Å². The van der Waals surface area contributed by atoms with Crippen molar-refractivity contribution in [3.8, 4) is 0 Å². The molecule has 0 aliphatic carbocycles. The first-order chi connectivity index (χ1) is 9.22. The van der Waals surface area contributed by atoms with Crippen LogP contribution < -0.4 is 5.32 Å². The van der Waals surface area contributed by atoms with Gasteiger partial charge in [0.1, 0.15) is 0 Å². The minimum atomic E-state index is 0.200. The lowest BCUT2D eigenvalue weighted by molar-refractivity contribution is -0.139. The van der Waals surface area contributed by atoms with E-state index in [2.05, 4.69) is 22.0 Å².